The Balaban J connectivity index is 3.08. The number of halogens is 1. The molecule has 0 bridgehead atoms. The highest BCUT2D eigenvalue weighted by atomic mass is 32.2. The summed E-state index contributed by atoms with van der Waals surface area (Å²) in [6, 6.07) is 1.36. The van der Waals surface area contributed by atoms with Gasteiger partial charge >= 0.3 is 11.9 Å². The minimum absolute atomic E-state index is 0.109. The molecule has 0 aromatic heterocycles. The van der Waals surface area contributed by atoms with Gasteiger partial charge in [0.1, 0.15) is 5.82 Å². The van der Waals surface area contributed by atoms with Gasteiger partial charge in [0.15, 0.2) is 0 Å². The number of carboxylic acids is 1. The van der Waals surface area contributed by atoms with Crippen LogP contribution in [0.4, 0.5) is 10.1 Å². The van der Waals surface area contributed by atoms with Crippen LogP contribution in [0.1, 0.15) is 17.3 Å². The van der Waals surface area contributed by atoms with E-state index in [1.807, 2.05) is 0 Å². The van der Waals surface area contributed by atoms with Crippen molar-refractivity contribution in [1.82, 2.24) is 0 Å². The monoisotopic (exact) mass is 303 g/mol. The summed E-state index contributed by atoms with van der Waals surface area (Å²) >= 11 is 0.717. The summed E-state index contributed by atoms with van der Waals surface area (Å²) < 4.78 is 18.0. The topological polar surface area (TPSA) is 107 Å². The highest BCUT2D eigenvalue weighted by molar-refractivity contribution is 8.00. The molecule has 108 valence electrons. The van der Waals surface area contributed by atoms with Gasteiger partial charge in [-0.3, -0.25) is 14.9 Å². The van der Waals surface area contributed by atoms with Gasteiger partial charge in [-0.15, -0.1) is 11.8 Å². The lowest BCUT2D eigenvalue weighted by Crippen LogP contribution is -2.08. The quantitative estimate of drug-likeness (QED) is 0.371. The van der Waals surface area contributed by atoms with Gasteiger partial charge in [-0.25, -0.2) is 9.18 Å². The first kappa shape index (κ1) is 15.9. The average Bonchev–Trinajstić information content (AvgIpc) is 2.36. The number of thioether (sulfide) groups is 1. The fourth-order valence-corrected chi connectivity index (χ4v) is 2.14. The Hall–Kier alpha value is -2.16. The molecule has 0 aliphatic carbocycles. The second-order valence-electron chi connectivity index (χ2n) is 3.46. The molecular weight excluding hydrogens is 293 g/mol. The molecule has 0 radical (unpaired) electrons. The number of carbonyl (C=O) groups excluding carboxylic acids is 1. The third kappa shape index (κ3) is 3.92. The molecule has 0 fully saturated rings. The van der Waals surface area contributed by atoms with Gasteiger partial charge in [0.25, 0.3) is 5.69 Å². The van der Waals surface area contributed by atoms with Crippen molar-refractivity contribution in [3.05, 3.63) is 33.6 Å². The van der Waals surface area contributed by atoms with E-state index in [4.69, 9.17) is 5.11 Å². The van der Waals surface area contributed by atoms with Crippen LogP contribution in [0.5, 0.6) is 0 Å². The van der Waals surface area contributed by atoms with Gasteiger partial charge in [-0.05, 0) is 13.0 Å². The van der Waals surface area contributed by atoms with Crippen LogP contribution >= 0.6 is 11.8 Å². The molecule has 0 aliphatic rings. The van der Waals surface area contributed by atoms with Crippen LogP contribution < -0.4 is 0 Å². The Morgan fingerprint density at radius 1 is 1.50 bits per heavy atom. The molecule has 0 amide bonds. The fourth-order valence-electron chi connectivity index (χ4n) is 1.30. The van der Waals surface area contributed by atoms with Crippen molar-refractivity contribution in [2.45, 2.75) is 11.8 Å². The molecule has 1 rings (SSSR count). The minimum atomic E-state index is -1.55. The van der Waals surface area contributed by atoms with E-state index >= 15 is 0 Å². The summed E-state index contributed by atoms with van der Waals surface area (Å²) in [5, 5.41) is 19.6. The number of carbonyl (C=O) groups is 2. The molecule has 0 unspecified atom stereocenters. The summed E-state index contributed by atoms with van der Waals surface area (Å²) in [6.07, 6.45) is 0. The first-order chi connectivity index (χ1) is 9.36. The van der Waals surface area contributed by atoms with Gasteiger partial charge in [0, 0.05) is 0 Å². The number of ether oxygens (including phenoxy) is 1. The van der Waals surface area contributed by atoms with Crippen LogP contribution in [0, 0.1) is 15.9 Å². The van der Waals surface area contributed by atoms with Crippen molar-refractivity contribution in [3.63, 3.8) is 0 Å². The van der Waals surface area contributed by atoms with E-state index in [9.17, 15) is 24.1 Å². The van der Waals surface area contributed by atoms with Crippen LogP contribution in [0.25, 0.3) is 0 Å². The summed E-state index contributed by atoms with van der Waals surface area (Å²) in [7, 11) is 0. The van der Waals surface area contributed by atoms with Crippen molar-refractivity contribution in [2.24, 2.45) is 0 Å². The number of benzene rings is 1. The van der Waals surface area contributed by atoms with Crippen LogP contribution in [-0.4, -0.2) is 34.3 Å². The normalized spacial score (nSPS) is 10.1. The van der Waals surface area contributed by atoms with E-state index in [-0.39, 0.29) is 17.3 Å². The average molecular weight is 303 g/mol. The number of hydrogen-bond donors (Lipinski definition) is 1. The first-order valence-corrected chi connectivity index (χ1v) is 6.35. The number of rotatable bonds is 6. The largest absolute Gasteiger partial charge is 0.478 e. The summed E-state index contributed by atoms with van der Waals surface area (Å²) in [5.74, 6) is -3.59. The van der Waals surface area contributed by atoms with E-state index in [2.05, 4.69) is 4.74 Å². The Morgan fingerprint density at radius 3 is 2.65 bits per heavy atom. The lowest BCUT2D eigenvalue weighted by Gasteiger charge is -2.05. The molecule has 1 aromatic rings. The van der Waals surface area contributed by atoms with Crippen molar-refractivity contribution in [3.8, 4) is 0 Å². The van der Waals surface area contributed by atoms with Crippen molar-refractivity contribution in [2.75, 3.05) is 12.4 Å². The van der Waals surface area contributed by atoms with Crippen molar-refractivity contribution in [1.29, 1.82) is 0 Å². The summed E-state index contributed by atoms with van der Waals surface area (Å²) in [6.45, 7) is 1.76. The lowest BCUT2D eigenvalue weighted by molar-refractivity contribution is -0.387. The number of carboxylic acid groups (broad SMARTS) is 1. The molecular formula is C11H10FNO6S. The SMILES string of the molecule is CCOC(=O)CSc1cc(C(=O)O)c(F)cc1[N+](=O)[O-]. The van der Waals surface area contributed by atoms with Crippen molar-refractivity contribution >= 4 is 29.4 Å². The lowest BCUT2D eigenvalue weighted by atomic mass is 10.2. The molecule has 0 aliphatic heterocycles. The van der Waals surface area contributed by atoms with E-state index in [0.717, 1.165) is 17.8 Å². The molecule has 0 atom stereocenters. The zero-order valence-corrected chi connectivity index (χ0v) is 11.1. The fraction of sp³-hybridized carbons (Fsp3) is 0.273. The number of nitro benzene ring substituents is 1. The molecule has 0 saturated carbocycles. The maximum atomic E-state index is 13.4. The van der Waals surface area contributed by atoms with Crippen molar-refractivity contribution < 1.29 is 28.7 Å². The predicted octanol–water partition coefficient (Wildman–Crippen LogP) is 2.09. The van der Waals surface area contributed by atoms with Crippen LogP contribution in [0.15, 0.2) is 17.0 Å². The number of nitro groups is 1. The predicted molar refractivity (Wildman–Crippen MR) is 67.4 cm³/mol. The Bertz CT molecular complexity index is 562. The van der Waals surface area contributed by atoms with E-state index < -0.39 is 33.9 Å². The van der Waals surface area contributed by atoms with Gasteiger partial charge < -0.3 is 9.84 Å². The maximum absolute atomic E-state index is 13.4. The molecule has 1 aromatic carbocycles. The van der Waals surface area contributed by atoms with E-state index in [1.165, 1.54) is 0 Å². The third-order valence-corrected chi connectivity index (χ3v) is 3.14. The molecule has 7 nitrogen and oxygen atoms in total. The number of esters is 1. The van der Waals surface area contributed by atoms with Gasteiger partial charge in [-0.1, -0.05) is 0 Å². The van der Waals surface area contributed by atoms with Gasteiger partial charge in [0.2, 0.25) is 0 Å². The molecule has 0 spiro atoms. The Labute approximate surface area is 116 Å². The number of hydrogen-bond acceptors (Lipinski definition) is 6. The van der Waals surface area contributed by atoms with Gasteiger partial charge in [0.05, 0.1) is 33.8 Å². The van der Waals surface area contributed by atoms with Crippen LogP contribution in [-0.2, 0) is 9.53 Å². The number of aromatic carboxylic acids is 1. The maximum Gasteiger partial charge on any atom is 0.338 e. The van der Waals surface area contributed by atoms with Gasteiger partial charge in [-0.2, -0.15) is 0 Å². The smallest absolute Gasteiger partial charge is 0.338 e. The minimum Gasteiger partial charge on any atom is -0.478 e. The van der Waals surface area contributed by atoms with E-state index in [0.29, 0.717) is 6.07 Å². The highest BCUT2D eigenvalue weighted by Crippen LogP contribution is 2.31. The van der Waals surface area contributed by atoms with Crippen LogP contribution in [0.3, 0.4) is 0 Å². The molecule has 0 heterocycles. The second kappa shape index (κ2) is 6.85. The first-order valence-electron chi connectivity index (χ1n) is 5.36. The Kier molecular flexibility index (Phi) is 5.44. The zero-order valence-electron chi connectivity index (χ0n) is 10.3. The molecule has 20 heavy (non-hydrogen) atoms. The Morgan fingerprint density at radius 2 is 2.15 bits per heavy atom. The standard InChI is InChI=1S/C11H10FNO6S/c1-2-19-10(14)5-20-9-3-6(11(15)16)7(12)4-8(9)13(17)18/h3-4H,2,5H2,1H3,(H,15,16). The number of nitrogens with zero attached hydrogens (tertiary/aromatic N) is 1. The third-order valence-electron chi connectivity index (χ3n) is 2.13. The highest BCUT2D eigenvalue weighted by Gasteiger charge is 2.22. The molecule has 9 heteroatoms. The molecule has 0 saturated heterocycles. The summed E-state index contributed by atoms with van der Waals surface area (Å²) in [4.78, 5) is 31.8. The summed E-state index contributed by atoms with van der Waals surface area (Å²) in [5.41, 5.74) is -1.29. The second-order valence-corrected chi connectivity index (χ2v) is 4.47. The zero-order chi connectivity index (χ0) is 15.3. The van der Waals surface area contributed by atoms with E-state index in [1.54, 1.807) is 6.92 Å². The van der Waals surface area contributed by atoms with Crippen LogP contribution in [0.2, 0.25) is 0 Å². The molecule has 1 N–H and O–H groups in total.